The van der Waals surface area contributed by atoms with Gasteiger partial charge < -0.3 is 29.5 Å². The second-order valence-electron chi connectivity index (χ2n) is 12.8. The second-order valence-corrected chi connectivity index (χ2v) is 17.8. The SMILES string of the molecule is CC(=C(CCO)SSCCC1CCCO1)N(C=O)CCCCCCCCCCCCN(C=O)C(C)=C(CCO)SSCCC1CCCO1. The summed E-state index contributed by atoms with van der Waals surface area (Å²) in [4.78, 5) is 29.5. The predicted molar refractivity (Wildman–Crippen MR) is 208 cm³/mol. The molecule has 12 heteroatoms. The van der Waals surface area contributed by atoms with E-state index in [0.717, 1.165) is 123 Å². The van der Waals surface area contributed by atoms with Crippen molar-refractivity contribution in [2.45, 2.75) is 142 Å². The Morgan fingerprint density at radius 1 is 0.646 bits per heavy atom. The van der Waals surface area contributed by atoms with Crippen LogP contribution in [0.3, 0.4) is 0 Å². The molecule has 0 bridgehead atoms. The van der Waals surface area contributed by atoms with Gasteiger partial charge in [0.05, 0.1) is 12.2 Å². The van der Waals surface area contributed by atoms with Crippen molar-refractivity contribution < 1.29 is 29.3 Å². The third-order valence-electron chi connectivity index (χ3n) is 9.06. The van der Waals surface area contributed by atoms with Gasteiger partial charge in [-0.1, -0.05) is 94.5 Å². The summed E-state index contributed by atoms with van der Waals surface area (Å²) in [5, 5.41) is 19.2. The number of nitrogens with zero attached hydrogens (tertiary/aromatic N) is 2. The van der Waals surface area contributed by atoms with E-state index in [1.807, 2.05) is 23.6 Å². The normalized spacial score (nSPS) is 18.9. The van der Waals surface area contributed by atoms with Crippen molar-refractivity contribution in [2.75, 3.05) is 51.0 Å². The van der Waals surface area contributed by atoms with Crippen LogP contribution in [-0.2, 0) is 19.1 Å². The number of unbranched alkanes of at least 4 members (excludes halogenated alkanes) is 9. The van der Waals surface area contributed by atoms with Crippen LogP contribution >= 0.6 is 43.2 Å². The van der Waals surface area contributed by atoms with Crippen LogP contribution in [0.4, 0.5) is 0 Å². The summed E-state index contributed by atoms with van der Waals surface area (Å²) in [6.07, 6.45) is 22.1. The Balaban J connectivity index is 1.53. The maximum Gasteiger partial charge on any atom is 0.213 e. The highest BCUT2D eigenvalue weighted by Crippen LogP contribution is 2.37. The Morgan fingerprint density at radius 2 is 1.02 bits per heavy atom. The maximum absolute atomic E-state index is 11.9. The lowest BCUT2D eigenvalue weighted by molar-refractivity contribution is -0.117. The van der Waals surface area contributed by atoms with Crippen LogP contribution in [0.25, 0.3) is 0 Å². The molecule has 2 fully saturated rings. The van der Waals surface area contributed by atoms with Gasteiger partial charge >= 0.3 is 0 Å². The van der Waals surface area contributed by atoms with E-state index in [1.54, 1.807) is 43.2 Å². The number of carbonyl (C=O) groups is 2. The summed E-state index contributed by atoms with van der Waals surface area (Å²) in [6.45, 7) is 7.43. The van der Waals surface area contributed by atoms with Crippen molar-refractivity contribution in [3.05, 3.63) is 21.2 Å². The van der Waals surface area contributed by atoms with Crippen LogP contribution in [-0.4, -0.2) is 96.1 Å². The van der Waals surface area contributed by atoms with Crippen LogP contribution in [0.15, 0.2) is 21.2 Å². The average Bonchev–Trinajstić information content (AvgIpc) is 3.82. The third-order valence-corrected chi connectivity index (χ3v) is 14.4. The molecule has 2 aliphatic heterocycles. The first kappa shape index (κ1) is 43.8. The largest absolute Gasteiger partial charge is 0.396 e. The molecule has 2 rings (SSSR count). The quantitative estimate of drug-likeness (QED) is 0.0406. The minimum absolute atomic E-state index is 0.0922. The molecule has 278 valence electrons. The Kier molecular flexibility index (Phi) is 26.7. The van der Waals surface area contributed by atoms with E-state index in [9.17, 15) is 19.8 Å². The minimum Gasteiger partial charge on any atom is -0.396 e. The van der Waals surface area contributed by atoms with Crippen molar-refractivity contribution in [3.8, 4) is 0 Å². The van der Waals surface area contributed by atoms with E-state index in [1.165, 1.54) is 51.4 Å². The van der Waals surface area contributed by atoms with E-state index in [4.69, 9.17) is 9.47 Å². The average molecular weight is 749 g/mol. The zero-order valence-corrected chi connectivity index (χ0v) is 33.0. The summed E-state index contributed by atoms with van der Waals surface area (Å²) in [5.41, 5.74) is 1.94. The lowest BCUT2D eigenvalue weighted by Crippen LogP contribution is -2.22. The number of aliphatic hydroxyl groups excluding tert-OH is 2. The number of carbonyl (C=O) groups excluding carboxylic acids is 2. The summed E-state index contributed by atoms with van der Waals surface area (Å²) >= 11 is 0. The Hall–Kier alpha value is -0.340. The van der Waals surface area contributed by atoms with Gasteiger partial charge in [0, 0.05) is 85.1 Å². The summed E-state index contributed by atoms with van der Waals surface area (Å²) in [7, 11) is 6.99. The van der Waals surface area contributed by atoms with Gasteiger partial charge in [0.15, 0.2) is 0 Å². The number of hydrogen-bond acceptors (Lipinski definition) is 10. The van der Waals surface area contributed by atoms with Gasteiger partial charge in [-0.3, -0.25) is 9.59 Å². The van der Waals surface area contributed by atoms with Gasteiger partial charge in [-0.15, -0.1) is 0 Å². The van der Waals surface area contributed by atoms with Crippen LogP contribution < -0.4 is 0 Å². The van der Waals surface area contributed by atoms with Gasteiger partial charge in [0.25, 0.3) is 0 Å². The van der Waals surface area contributed by atoms with Crippen molar-refractivity contribution >= 4 is 56.0 Å². The first-order valence-corrected chi connectivity index (χ1v) is 23.0. The molecule has 0 aliphatic carbocycles. The van der Waals surface area contributed by atoms with Crippen molar-refractivity contribution in [1.82, 2.24) is 9.80 Å². The van der Waals surface area contributed by atoms with E-state index in [-0.39, 0.29) is 13.2 Å². The molecule has 2 amide bonds. The van der Waals surface area contributed by atoms with Gasteiger partial charge in [-0.05, 0) is 65.2 Å². The summed E-state index contributed by atoms with van der Waals surface area (Å²) < 4.78 is 11.4. The van der Waals surface area contributed by atoms with Crippen LogP contribution in [0.5, 0.6) is 0 Å². The molecule has 8 nitrogen and oxygen atoms in total. The van der Waals surface area contributed by atoms with E-state index >= 15 is 0 Å². The molecule has 2 N–H and O–H groups in total. The summed E-state index contributed by atoms with van der Waals surface area (Å²) in [5.74, 6) is 2.02. The Morgan fingerprint density at radius 3 is 1.33 bits per heavy atom. The first-order chi connectivity index (χ1) is 23.5. The molecule has 2 atom stereocenters. The predicted octanol–water partition coefficient (Wildman–Crippen LogP) is 8.93. The molecule has 2 heterocycles. The van der Waals surface area contributed by atoms with E-state index in [2.05, 4.69) is 0 Å². The fraction of sp³-hybridized carbons (Fsp3) is 0.833. The summed E-state index contributed by atoms with van der Waals surface area (Å²) in [6, 6.07) is 0. The van der Waals surface area contributed by atoms with Crippen LogP contribution in [0, 0.1) is 0 Å². The van der Waals surface area contributed by atoms with E-state index in [0.29, 0.717) is 25.0 Å². The highest BCUT2D eigenvalue weighted by molar-refractivity contribution is 8.78. The van der Waals surface area contributed by atoms with Crippen molar-refractivity contribution in [3.63, 3.8) is 0 Å². The monoisotopic (exact) mass is 748 g/mol. The number of ether oxygens (including phenoxy) is 2. The third kappa shape index (κ3) is 19.3. The lowest BCUT2D eigenvalue weighted by Gasteiger charge is -2.21. The number of rotatable bonds is 31. The molecule has 0 aromatic rings. The minimum atomic E-state index is 0.0922. The highest BCUT2D eigenvalue weighted by Gasteiger charge is 2.17. The van der Waals surface area contributed by atoms with Crippen molar-refractivity contribution in [1.29, 1.82) is 0 Å². The first-order valence-electron chi connectivity index (χ1n) is 18.4. The maximum atomic E-state index is 11.9. The topological polar surface area (TPSA) is 99.5 Å². The lowest BCUT2D eigenvalue weighted by atomic mass is 10.1. The van der Waals surface area contributed by atoms with Crippen LogP contribution in [0.1, 0.15) is 129 Å². The smallest absolute Gasteiger partial charge is 0.213 e. The molecule has 48 heavy (non-hydrogen) atoms. The molecular weight excluding hydrogens is 685 g/mol. The highest BCUT2D eigenvalue weighted by atomic mass is 33.1. The van der Waals surface area contributed by atoms with E-state index < -0.39 is 0 Å². The zero-order chi connectivity index (χ0) is 34.7. The molecule has 2 aliphatic rings. The standard InChI is InChI=1S/C36H64N2O6S4/c1-31(35(17-23-39)47-45-27-19-33-15-13-25-43-33)37(29-41)21-11-9-7-5-3-4-6-8-10-12-22-38(30-42)32(2)36(18-24-40)48-46-28-20-34-16-14-26-44-34/h29-30,33-34,39-40H,3-28H2,1-2H3. The van der Waals surface area contributed by atoms with Gasteiger partial charge in [0.1, 0.15) is 0 Å². The molecule has 0 radical (unpaired) electrons. The number of hydrogen-bond donors (Lipinski definition) is 2. The van der Waals surface area contributed by atoms with Crippen molar-refractivity contribution in [2.24, 2.45) is 0 Å². The van der Waals surface area contributed by atoms with Gasteiger partial charge in [-0.2, -0.15) is 0 Å². The number of amides is 2. The molecule has 0 aromatic carbocycles. The molecule has 0 aromatic heterocycles. The molecule has 0 spiro atoms. The molecule has 0 saturated carbocycles. The van der Waals surface area contributed by atoms with Crippen LogP contribution in [0.2, 0.25) is 0 Å². The molecular formula is C36H64N2O6S4. The fourth-order valence-corrected chi connectivity index (χ4v) is 11.1. The zero-order valence-electron chi connectivity index (χ0n) is 29.7. The fourth-order valence-electron chi connectivity index (χ4n) is 6.00. The number of aliphatic hydroxyl groups is 2. The van der Waals surface area contributed by atoms with Gasteiger partial charge in [0.2, 0.25) is 12.8 Å². The Labute approximate surface area is 307 Å². The number of allylic oxidation sites excluding steroid dienone is 2. The Bertz CT molecular complexity index is 841. The molecule has 2 unspecified atom stereocenters. The second kappa shape index (κ2) is 29.3. The van der Waals surface area contributed by atoms with Gasteiger partial charge in [-0.25, -0.2) is 0 Å². The molecule has 2 saturated heterocycles.